The molecule has 0 atom stereocenters. The second kappa shape index (κ2) is 7.28. The largest absolute Gasteiger partial charge is 0.322 e. The fourth-order valence-electron chi connectivity index (χ4n) is 2.07. The van der Waals surface area contributed by atoms with Crippen molar-refractivity contribution in [1.82, 2.24) is 0 Å². The average Bonchev–Trinajstić information content (AvgIpc) is 2.62. The summed E-state index contributed by atoms with van der Waals surface area (Å²) in [6, 6.07) is 22.1. The lowest BCUT2D eigenvalue weighted by molar-refractivity contribution is 0.102. The van der Waals surface area contributed by atoms with Gasteiger partial charge in [-0.05, 0) is 48.5 Å². The second-order valence-corrected chi connectivity index (χ2v) is 5.02. The highest BCUT2D eigenvalue weighted by atomic mass is 19.1. The van der Waals surface area contributed by atoms with Crippen LogP contribution in [0.2, 0.25) is 0 Å². The van der Waals surface area contributed by atoms with Gasteiger partial charge in [-0.3, -0.25) is 4.79 Å². The van der Waals surface area contributed by atoms with Gasteiger partial charge in [0.2, 0.25) is 0 Å². The maximum Gasteiger partial charge on any atom is 0.258 e. The Kier molecular flexibility index (Phi) is 4.72. The molecule has 4 nitrogen and oxygen atoms in total. The first-order valence-corrected chi connectivity index (χ1v) is 7.35. The summed E-state index contributed by atoms with van der Waals surface area (Å²) in [7, 11) is 0. The van der Waals surface area contributed by atoms with E-state index in [1.165, 1.54) is 12.1 Å². The van der Waals surface area contributed by atoms with Crippen molar-refractivity contribution < 1.29 is 9.18 Å². The van der Waals surface area contributed by atoms with Crippen LogP contribution in [0.15, 0.2) is 89.1 Å². The molecule has 0 heterocycles. The average molecular weight is 319 g/mol. The number of halogens is 1. The van der Waals surface area contributed by atoms with E-state index >= 15 is 0 Å². The molecule has 3 aromatic carbocycles. The maximum atomic E-state index is 13.6. The molecular weight excluding hydrogens is 305 g/mol. The van der Waals surface area contributed by atoms with E-state index in [2.05, 4.69) is 15.5 Å². The third-order valence-corrected chi connectivity index (χ3v) is 3.28. The molecular formula is C19H14FN3O. The van der Waals surface area contributed by atoms with E-state index in [0.717, 1.165) is 5.69 Å². The quantitative estimate of drug-likeness (QED) is 0.635. The lowest BCUT2D eigenvalue weighted by Crippen LogP contribution is -2.13. The Morgan fingerprint density at radius 2 is 1.33 bits per heavy atom. The predicted octanol–water partition coefficient (Wildman–Crippen LogP) is 5.49. The molecule has 0 saturated heterocycles. The Bertz CT molecular complexity index is 861. The summed E-state index contributed by atoms with van der Waals surface area (Å²) in [5.41, 5.74) is 1.98. The second-order valence-electron chi connectivity index (χ2n) is 5.02. The molecule has 118 valence electrons. The Hall–Kier alpha value is -3.34. The zero-order valence-electron chi connectivity index (χ0n) is 12.7. The van der Waals surface area contributed by atoms with Crippen LogP contribution in [0.3, 0.4) is 0 Å². The van der Waals surface area contributed by atoms with E-state index in [-0.39, 0.29) is 5.56 Å². The number of amides is 1. The Morgan fingerprint density at radius 3 is 2.00 bits per heavy atom. The fraction of sp³-hybridized carbons (Fsp3) is 0. The summed E-state index contributed by atoms with van der Waals surface area (Å²) >= 11 is 0. The molecule has 0 aliphatic carbocycles. The van der Waals surface area contributed by atoms with E-state index in [0.29, 0.717) is 11.4 Å². The molecule has 0 unspecified atom stereocenters. The molecule has 0 aliphatic heterocycles. The van der Waals surface area contributed by atoms with E-state index in [4.69, 9.17) is 0 Å². The number of hydrogen-bond acceptors (Lipinski definition) is 3. The van der Waals surface area contributed by atoms with Crippen LogP contribution in [0.1, 0.15) is 10.4 Å². The Morgan fingerprint density at radius 1 is 0.750 bits per heavy atom. The van der Waals surface area contributed by atoms with Crippen molar-refractivity contribution >= 4 is 23.0 Å². The molecule has 0 bridgehead atoms. The maximum absolute atomic E-state index is 13.6. The van der Waals surface area contributed by atoms with Gasteiger partial charge in [0.05, 0.1) is 16.9 Å². The van der Waals surface area contributed by atoms with Crippen molar-refractivity contribution in [3.63, 3.8) is 0 Å². The molecule has 3 aromatic rings. The Balaban J connectivity index is 1.68. The molecule has 0 saturated carbocycles. The lowest BCUT2D eigenvalue weighted by atomic mass is 10.2. The highest BCUT2D eigenvalue weighted by molar-refractivity contribution is 6.04. The molecule has 24 heavy (non-hydrogen) atoms. The van der Waals surface area contributed by atoms with Gasteiger partial charge in [0.1, 0.15) is 5.82 Å². The van der Waals surface area contributed by atoms with Gasteiger partial charge < -0.3 is 5.32 Å². The number of hydrogen-bond donors (Lipinski definition) is 1. The number of anilines is 1. The van der Waals surface area contributed by atoms with Gasteiger partial charge in [0, 0.05) is 5.69 Å². The van der Waals surface area contributed by atoms with Crippen LogP contribution in [-0.4, -0.2) is 5.91 Å². The van der Waals surface area contributed by atoms with Crippen molar-refractivity contribution in [1.29, 1.82) is 0 Å². The zero-order valence-corrected chi connectivity index (χ0v) is 12.7. The summed E-state index contributed by atoms with van der Waals surface area (Å²) in [5.74, 6) is -1.05. The van der Waals surface area contributed by atoms with Crippen molar-refractivity contribution in [3.05, 3.63) is 90.2 Å². The summed E-state index contributed by atoms with van der Waals surface area (Å²) in [5, 5.41) is 10.9. The van der Waals surface area contributed by atoms with Crippen LogP contribution < -0.4 is 5.32 Å². The third kappa shape index (κ3) is 3.89. The minimum Gasteiger partial charge on any atom is -0.322 e. The van der Waals surface area contributed by atoms with Gasteiger partial charge in [0.15, 0.2) is 0 Å². The zero-order chi connectivity index (χ0) is 16.8. The standard InChI is InChI=1S/C19H14FN3O/c20-18-9-5-4-8-17(18)19(24)21-14-10-12-16(13-11-14)23-22-15-6-2-1-3-7-15/h1-13H,(H,21,24). The molecule has 3 rings (SSSR count). The lowest BCUT2D eigenvalue weighted by Gasteiger charge is -2.06. The molecule has 0 radical (unpaired) electrons. The van der Waals surface area contributed by atoms with Crippen LogP contribution in [-0.2, 0) is 0 Å². The Labute approximate surface area is 138 Å². The van der Waals surface area contributed by atoms with Crippen LogP contribution in [0.4, 0.5) is 21.5 Å². The van der Waals surface area contributed by atoms with E-state index in [1.807, 2.05) is 30.3 Å². The molecule has 0 fully saturated rings. The first kappa shape index (κ1) is 15.6. The summed E-state index contributed by atoms with van der Waals surface area (Å²) in [4.78, 5) is 12.0. The van der Waals surface area contributed by atoms with Crippen LogP contribution in [0.5, 0.6) is 0 Å². The van der Waals surface area contributed by atoms with Crippen LogP contribution in [0, 0.1) is 5.82 Å². The van der Waals surface area contributed by atoms with Gasteiger partial charge in [-0.15, -0.1) is 0 Å². The van der Waals surface area contributed by atoms with Crippen molar-refractivity contribution in [3.8, 4) is 0 Å². The smallest absolute Gasteiger partial charge is 0.258 e. The molecule has 0 aliphatic rings. The monoisotopic (exact) mass is 319 g/mol. The van der Waals surface area contributed by atoms with Gasteiger partial charge in [-0.25, -0.2) is 4.39 Å². The highest BCUT2D eigenvalue weighted by Crippen LogP contribution is 2.20. The third-order valence-electron chi connectivity index (χ3n) is 3.28. The molecule has 5 heteroatoms. The van der Waals surface area contributed by atoms with E-state index in [1.54, 1.807) is 36.4 Å². The van der Waals surface area contributed by atoms with Crippen LogP contribution in [0.25, 0.3) is 0 Å². The summed E-state index contributed by atoms with van der Waals surface area (Å²) in [6.07, 6.45) is 0. The number of nitrogens with one attached hydrogen (secondary N) is 1. The number of carbonyl (C=O) groups is 1. The van der Waals surface area contributed by atoms with Crippen LogP contribution >= 0.6 is 0 Å². The van der Waals surface area contributed by atoms with E-state index in [9.17, 15) is 9.18 Å². The van der Waals surface area contributed by atoms with Gasteiger partial charge >= 0.3 is 0 Å². The number of azo groups is 1. The molecule has 1 N–H and O–H groups in total. The highest BCUT2D eigenvalue weighted by Gasteiger charge is 2.10. The molecule has 1 amide bonds. The number of carbonyl (C=O) groups excluding carboxylic acids is 1. The number of nitrogens with zero attached hydrogens (tertiary/aromatic N) is 2. The first-order valence-electron chi connectivity index (χ1n) is 7.35. The first-order chi connectivity index (χ1) is 11.7. The van der Waals surface area contributed by atoms with Crippen molar-refractivity contribution in [2.75, 3.05) is 5.32 Å². The van der Waals surface area contributed by atoms with Gasteiger partial charge in [-0.2, -0.15) is 10.2 Å². The SMILES string of the molecule is O=C(Nc1ccc(N=Nc2ccccc2)cc1)c1ccccc1F. The van der Waals surface area contributed by atoms with Crippen molar-refractivity contribution in [2.45, 2.75) is 0 Å². The van der Waals surface area contributed by atoms with E-state index < -0.39 is 11.7 Å². The number of benzene rings is 3. The normalized spacial score (nSPS) is 10.7. The molecule has 0 spiro atoms. The summed E-state index contributed by atoms with van der Waals surface area (Å²) in [6.45, 7) is 0. The number of rotatable bonds is 4. The summed E-state index contributed by atoms with van der Waals surface area (Å²) < 4.78 is 13.6. The van der Waals surface area contributed by atoms with Gasteiger partial charge in [-0.1, -0.05) is 30.3 Å². The topological polar surface area (TPSA) is 53.8 Å². The minimum atomic E-state index is -0.553. The fourth-order valence-corrected chi connectivity index (χ4v) is 2.07. The minimum absolute atomic E-state index is 0.00495. The molecule has 0 aromatic heterocycles. The van der Waals surface area contributed by atoms with Crippen molar-refractivity contribution in [2.24, 2.45) is 10.2 Å². The van der Waals surface area contributed by atoms with Gasteiger partial charge in [0.25, 0.3) is 5.91 Å². The predicted molar refractivity (Wildman–Crippen MR) is 91.4 cm³/mol.